The van der Waals surface area contributed by atoms with Gasteiger partial charge in [-0.25, -0.2) is 9.59 Å². The molecule has 0 aliphatic rings. The van der Waals surface area contributed by atoms with E-state index in [0.29, 0.717) is 24.3 Å². The SMILES string of the molecule is C=CCCOC(C)C(=O)Oc1ccc(/C=C/C(=O)OC)cc1OC. The monoisotopic (exact) mass is 334 g/mol. The fourth-order valence-electron chi connectivity index (χ4n) is 1.69. The fraction of sp³-hybridized carbons (Fsp3) is 0.333. The van der Waals surface area contributed by atoms with E-state index in [1.54, 1.807) is 37.3 Å². The van der Waals surface area contributed by atoms with Crippen LogP contribution in [0.2, 0.25) is 0 Å². The maximum Gasteiger partial charge on any atom is 0.340 e. The number of esters is 2. The number of carbonyl (C=O) groups excluding carboxylic acids is 2. The fourth-order valence-corrected chi connectivity index (χ4v) is 1.69. The molecule has 0 aliphatic carbocycles. The van der Waals surface area contributed by atoms with E-state index < -0.39 is 18.0 Å². The normalized spacial score (nSPS) is 11.8. The third-order valence-electron chi connectivity index (χ3n) is 3.03. The van der Waals surface area contributed by atoms with Crippen LogP contribution >= 0.6 is 0 Å². The van der Waals surface area contributed by atoms with E-state index in [2.05, 4.69) is 11.3 Å². The van der Waals surface area contributed by atoms with Gasteiger partial charge >= 0.3 is 11.9 Å². The van der Waals surface area contributed by atoms with E-state index in [-0.39, 0.29) is 5.75 Å². The molecule has 0 aromatic heterocycles. The van der Waals surface area contributed by atoms with E-state index >= 15 is 0 Å². The van der Waals surface area contributed by atoms with Crippen LogP contribution in [-0.2, 0) is 19.1 Å². The zero-order valence-electron chi connectivity index (χ0n) is 14.1. The smallest absolute Gasteiger partial charge is 0.340 e. The molecule has 0 heterocycles. The van der Waals surface area contributed by atoms with Gasteiger partial charge in [0, 0.05) is 6.08 Å². The standard InChI is InChI=1S/C18H22O6/c1-5-6-11-23-13(2)18(20)24-15-9-7-14(12-16(15)21-3)8-10-17(19)22-4/h5,7-10,12-13H,1,6,11H2,2-4H3/b10-8+. The van der Waals surface area contributed by atoms with Crippen LogP contribution in [-0.4, -0.2) is 38.9 Å². The summed E-state index contributed by atoms with van der Waals surface area (Å²) in [6.45, 7) is 5.60. The lowest BCUT2D eigenvalue weighted by Crippen LogP contribution is -2.26. The first-order chi connectivity index (χ1) is 11.5. The number of hydrogen-bond donors (Lipinski definition) is 0. The van der Waals surface area contributed by atoms with Gasteiger partial charge in [0.1, 0.15) is 0 Å². The number of carbonyl (C=O) groups is 2. The summed E-state index contributed by atoms with van der Waals surface area (Å²) < 4.78 is 20.4. The molecule has 0 saturated heterocycles. The summed E-state index contributed by atoms with van der Waals surface area (Å²) in [6, 6.07) is 4.92. The largest absolute Gasteiger partial charge is 0.493 e. The van der Waals surface area contributed by atoms with E-state index in [1.807, 2.05) is 0 Å². The maximum absolute atomic E-state index is 12.0. The van der Waals surface area contributed by atoms with Gasteiger partial charge in [-0.05, 0) is 37.1 Å². The van der Waals surface area contributed by atoms with Crippen LogP contribution < -0.4 is 9.47 Å². The molecule has 0 fully saturated rings. The first-order valence-corrected chi connectivity index (χ1v) is 7.40. The second-order valence-corrected chi connectivity index (χ2v) is 4.78. The van der Waals surface area contributed by atoms with Crippen molar-refractivity contribution >= 4 is 18.0 Å². The molecular formula is C18H22O6. The van der Waals surface area contributed by atoms with Gasteiger partial charge in [0.15, 0.2) is 17.6 Å². The van der Waals surface area contributed by atoms with Gasteiger partial charge in [0.05, 0.1) is 20.8 Å². The molecular weight excluding hydrogens is 312 g/mol. The van der Waals surface area contributed by atoms with Crippen LogP contribution in [0.1, 0.15) is 18.9 Å². The van der Waals surface area contributed by atoms with Gasteiger partial charge in [0.25, 0.3) is 0 Å². The Morgan fingerprint density at radius 2 is 2.00 bits per heavy atom. The molecule has 0 bridgehead atoms. The molecule has 0 aliphatic heterocycles. The molecule has 130 valence electrons. The predicted octanol–water partition coefficient (Wildman–Crippen LogP) is 2.77. The summed E-state index contributed by atoms with van der Waals surface area (Å²) in [5, 5.41) is 0. The van der Waals surface area contributed by atoms with Crippen molar-refractivity contribution in [1.29, 1.82) is 0 Å². The highest BCUT2D eigenvalue weighted by molar-refractivity contribution is 5.87. The highest BCUT2D eigenvalue weighted by Crippen LogP contribution is 2.29. The van der Waals surface area contributed by atoms with Crippen molar-refractivity contribution in [2.45, 2.75) is 19.4 Å². The van der Waals surface area contributed by atoms with E-state index in [0.717, 1.165) is 0 Å². The van der Waals surface area contributed by atoms with Crippen LogP contribution in [0.25, 0.3) is 6.08 Å². The topological polar surface area (TPSA) is 71.1 Å². The van der Waals surface area contributed by atoms with Crippen molar-refractivity contribution in [2.24, 2.45) is 0 Å². The van der Waals surface area contributed by atoms with Gasteiger partial charge in [0.2, 0.25) is 0 Å². The van der Waals surface area contributed by atoms with Crippen LogP contribution in [0.5, 0.6) is 11.5 Å². The zero-order chi connectivity index (χ0) is 17.9. The quantitative estimate of drug-likeness (QED) is 0.227. The summed E-state index contributed by atoms with van der Waals surface area (Å²) >= 11 is 0. The first kappa shape index (κ1) is 19.4. The highest BCUT2D eigenvalue weighted by Gasteiger charge is 2.18. The van der Waals surface area contributed by atoms with Crippen LogP contribution in [0.4, 0.5) is 0 Å². The van der Waals surface area contributed by atoms with E-state index in [9.17, 15) is 9.59 Å². The Bertz CT molecular complexity index is 606. The van der Waals surface area contributed by atoms with Crippen molar-refractivity contribution in [3.05, 3.63) is 42.5 Å². The Morgan fingerprint density at radius 1 is 1.25 bits per heavy atom. The van der Waals surface area contributed by atoms with Gasteiger partial charge in [-0.3, -0.25) is 0 Å². The van der Waals surface area contributed by atoms with Gasteiger partial charge in [-0.1, -0.05) is 12.1 Å². The summed E-state index contributed by atoms with van der Waals surface area (Å²) in [5.41, 5.74) is 0.701. The van der Waals surface area contributed by atoms with Gasteiger partial charge in [-0.15, -0.1) is 6.58 Å². The summed E-state index contributed by atoms with van der Waals surface area (Å²) in [5.74, 6) is -0.337. The molecule has 0 N–H and O–H groups in total. The minimum Gasteiger partial charge on any atom is -0.493 e. The average Bonchev–Trinajstić information content (AvgIpc) is 2.60. The second-order valence-electron chi connectivity index (χ2n) is 4.78. The minimum atomic E-state index is -0.700. The molecule has 1 rings (SSSR count). The van der Waals surface area contributed by atoms with Crippen molar-refractivity contribution in [1.82, 2.24) is 0 Å². The lowest BCUT2D eigenvalue weighted by atomic mass is 10.2. The lowest BCUT2D eigenvalue weighted by molar-refractivity contribution is -0.146. The molecule has 1 aromatic rings. The molecule has 0 radical (unpaired) electrons. The van der Waals surface area contributed by atoms with Gasteiger partial charge < -0.3 is 18.9 Å². The molecule has 1 atom stereocenters. The van der Waals surface area contributed by atoms with Crippen LogP contribution in [0.15, 0.2) is 36.9 Å². The lowest BCUT2D eigenvalue weighted by Gasteiger charge is -2.14. The number of rotatable bonds is 9. The third kappa shape index (κ3) is 6.26. The van der Waals surface area contributed by atoms with Crippen molar-refractivity contribution in [3.8, 4) is 11.5 Å². The number of ether oxygens (including phenoxy) is 4. The Morgan fingerprint density at radius 3 is 2.62 bits per heavy atom. The van der Waals surface area contributed by atoms with Crippen LogP contribution in [0, 0.1) is 0 Å². The molecule has 1 aromatic carbocycles. The second kappa shape index (κ2) is 10.2. The molecule has 6 heteroatoms. The molecule has 24 heavy (non-hydrogen) atoms. The number of methoxy groups -OCH3 is 2. The molecule has 0 saturated carbocycles. The molecule has 1 unspecified atom stereocenters. The van der Waals surface area contributed by atoms with E-state index in [4.69, 9.17) is 14.2 Å². The summed E-state index contributed by atoms with van der Waals surface area (Å²) in [4.78, 5) is 23.1. The van der Waals surface area contributed by atoms with Crippen molar-refractivity contribution in [2.75, 3.05) is 20.8 Å². The minimum absolute atomic E-state index is 0.275. The number of hydrogen-bond acceptors (Lipinski definition) is 6. The van der Waals surface area contributed by atoms with Crippen molar-refractivity contribution in [3.63, 3.8) is 0 Å². The van der Waals surface area contributed by atoms with Crippen molar-refractivity contribution < 1.29 is 28.5 Å². The average molecular weight is 334 g/mol. The Hall–Kier alpha value is -2.60. The summed E-state index contributed by atoms with van der Waals surface area (Å²) in [7, 11) is 2.76. The molecule has 0 amide bonds. The molecule has 6 nitrogen and oxygen atoms in total. The zero-order valence-corrected chi connectivity index (χ0v) is 14.1. The first-order valence-electron chi connectivity index (χ1n) is 7.40. The predicted molar refractivity (Wildman–Crippen MR) is 89.9 cm³/mol. The maximum atomic E-state index is 12.0. The Kier molecular flexibility index (Phi) is 8.29. The molecule has 0 spiro atoms. The third-order valence-corrected chi connectivity index (χ3v) is 3.03. The Labute approximate surface area is 141 Å². The number of benzene rings is 1. The van der Waals surface area contributed by atoms with E-state index in [1.165, 1.54) is 20.3 Å². The Balaban J connectivity index is 2.77. The van der Waals surface area contributed by atoms with Gasteiger partial charge in [-0.2, -0.15) is 0 Å². The highest BCUT2D eigenvalue weighted by atomic mass is 16.6. The van der Waals surface area contributed by atoms with Crippen LogP contribution in [0.3, 0.4) is 0 Å². The summed E-state index contributed by atoms with van der Waals surface area (Å²) in [6.07, 6.45) is 4.52.